The van der Waals surface area contributed by atoms with Gasteiger partial charge in [-0.25, -0.2) is 0 Å². The molecule has 0 aromatic heterocycles. The minimum Gasteiger partial charge on any atom is -0.480 e. The maximum Gasteiger partial charge on any atom is 0.317 e. The van der Waals surface area contributed by atoms with Crippen LogP contribution >= 0.6 is 0 Å². The number of piperidine rings is 1. The van der Waals surface area contributed by atoms with E-state index in [-0.39, 0.29) is 18.5 Å². The van der Waals surface area contributed by atoms with Gasteiger partial charge in [-0.2, -0.15) is 0 Å². The number of likely N-dealkylation sites (tertiary alicyclic amines) is 1. The molecule has 1 amide bonds. The summed E-state index contributed by atoms with van der Waals surface area (Å²) in [6.07, 6.45) is 2.12. The quantitative estimate of drug-likeness (QED) is 0.533. The van der Waals surface area contributed by atoms with Crippen LogP contribution in [-0.2, 0) is 14.3 Å². The summed E-state index contributed by atoms with van der Waals surface area (Å²) in [6.45, 7) is 5.24. The van der Waals surface area contributed by atoms with E-state index in [1.54, 1.807) is 7.11 Å². The molecule has 1 saturated heterocycles. The fraction of sp³-hybridized carbons (Fsp3) is 0.857. The summed E-state index contributed by atoms with van der Waals surface area (Å²) in [6, 6.07) is 0.0142. The number of carboxylic acid groups (broad SMARTS) is 1. The maximum atomic E-state index is 11.9. The molecule has 7 nitrogen and oxygen atoms in total. The van der Waals surface area contributed by atoms with E-state index in [0.717, 1.165) is 25.9 Å². The molecule has 0 radical (unpaired) electrons. The van der Waals surface area contributed by atoms with Crippen LogP contribution in [0.5, 0.6) is 0 Å². The molecule has 1 fully saturated rings. The van der Waals surface area contributed by atoms with Crippen molar-refractivity contribution in [2.75, 3.05) is 46.4 Å². The molecule has 1 aliphatic rings. The van der Waals surface area contributed by atoms with Crippen LogP contribution < -0.4 is 10.6 Å². The van der Waals surface area contributed by atoms with E-state index in [4.69, 9.17) is 9.84 Å². The van der Waals surface area contributed by atoms with Gasteiger partial charge >= 0.3 is 5.97 Å². The number of methoxy groups -OCH3 is 1. The highest BCUT2D eigenvalue weighted by molar-refractivity contribution is 5.78. The van der Waals surface area contributed by atoms with Crippen molar-refractivity contribution in [1.29, 1.82) is 0 Å². The second-order valence-corrected chi connectivity index (χ2v) is 5.69. The van der Waals surface area contributed by atoms with Crippen molar-refractivity contribution in [3.05, 3.63) is 0 Å². The Morgan fingerprint density at radius 3 is 2.90 bits per heavy atom. The Morgan fingerprint density at radius 2 is 2.24 bits per heavy atom. The first-order valence-corrected chi connectivity index (χ1v) is 7.44. The molecule has 1 aliphatic heterocycles. The predicted molar refractivity (Wildman–Crippen MR) is 79.2 cm³/mol. The van der Waals surface area contributed by atoms with Crippen LogP contribution in [0.3, 0.4) is 0 Å². The molecule has 0 aliphatic carbocycles. The van der Waals surface area contributed by atoms with E-state index in [9.17, 15) is 9.59 Å². The Hall–Kier alpha value is -1.18. The zero-order valence-electron chi connectivity index (χ0n) is 12.9. The fourth-order valence-electron chi connectivity index (χ4n) is 2.66. The Kier molecular flexibility index (Phi) is 8.26. The molecule has 122 valence electrons. The molecule has 2 atom stereocenters. The van der Waals surface area contributed by atoms with E-state index in [2.05, 4.69) is 15.5 Å². The van der Waals surface area contributed by atoms with E-state index in [1.807, 2.05) is 6.92 Å². The molecule has 0 bridgehead atoms. The molecule has 1 heterocycles. The summed E-state index contributed by atoms with van der Waals surface area (Å²) in [7, 11) is 1.61. The van der Waals surface area contributed by atoms with Gasteiger partial charge in [0.05, 0.1) is 19.7 Å². The zero-order valence-corrected chi connectivity index (χ0v) is 12.9. The second-order valence-electron chi connectivity index (χ2n) is 5.69. The van der Waals surface area contributed by atoms with E-state index in [1.165, 1.54) is 0 Å². The fourth-order valence-corrected chi connectivity index (χ4v) is 2.66. The lowest BCUT2D eigenvalue weighted by Gasteiger charge is -2.32. The molecular weight excluding hydrogens is 274 g/mol. The van der Waals surface area contributed by atoms with Gasteiger partial charge in [0.2, 0.25) is 5.91 Å². The topological polar surface area (TPSA) is 90.9 Å². The number of nitrogens with zero attached hydrogens (tertiary/aromatic N) is 1. The van der Waals surface area contributed by atoms with Gasteiger partial charge in [-0.3, -0.25) is 14.5 Å². The lowest BCUT2D eigenvalue weighted by Crippen LogP contribution is -2.47. The highest BCUT2D eigenvalue weighted by Crippen LogP contribution is 2.15. The number of amides is 1. The van der Waals surface area contributed by atoms with Gasteiger partial charge in [0.25, 0.3) is 0 Å². The summed E-state index contributed by atoms with van der Waals surface area (Å²) < 4.78 is 4.99. The molecular formula is C14H27N3O4. The Bertz CT molecular complexity index is 338. The minimum atomic E-state index is -0.839. The number of hydrogen-bond acceptors (Lipinski definition) is 5. The standard InChI is InChI=1S/C14H27N3O4/c1-11(10-21-2)16-13(18)9-17-5-3-4-12(8-17)6-15-7-14(19)20/h11-12,15H,3-10H2,1-2H3,(H,16,18)(H,19,20). The van der Waals surface area contributed by atoms with Crippen molar-refractivity contribution in [2.24, 2.45) is 5.92 Å². The van der Waals surface area contributed by atoms with Gasteiger partial charge in [-0.15, -0.1) is 0 Å². The van der Waals surface area contributed by atoms with Crippen molar-refractivity contribution in [3.8, 4) is 0 Å². The normalized spacial score (nSPS) is 21.0. The van der Waals surface area contributed by atoms with Crippen LogP contribution in [0.15, 0.2) is 0 Å². The number of carbonyl (C=O) groups excluding carboxylic acids is 1. The molecule has 0 aromatic carbocycles. The summed E-state index contributed by atoms with van der Waals surface area (Å²) >= 11 is 0. The molecule has 3 N–H and O–H groups in total. The van der Waals surface area contributed by atoms with Gasteiger partial charge in [0.15, 0.2) is 0 Å². The average molecular weight is 301 g/mol. The molecule has 0 spiro atoms. The van der Waals surface area contributed by atoms with Crippen molar-refractivity contribution < 1.29 is 19.4 Å². The number of hydrogen-bond donors (Lipinski definition) is 3. The van der Waals surface area contributed by atoms with Crippen LogP contribution in [0.4, 0.5) is 0 Å². The highest BCUT2D eigenvalue weighted by atomic mass is 16.5. The van der Waals surface area contributed by atoms with Gasteiger partial charge in [0.1, 0.15) is 0 Å². The first kappa shape index (κ1) is 17.9. The van der Waals surface area contributed by atoms with Gasteiger partial charge < -0.3 is 20.5 Å². The Morgan fingerprint density at radius 1 is 1.48 bits per heavy atom. The summed E-state index contributed by atoms with van der Waals surface area (Å²) in [4.78, 5) is 24.5. The van der Waals surface area contributed by atoms with Crippen LogP contribution in [0.1, 0.15) is 19.8 Å². The second kappa shape index (κ2) is 9.70. The monoisotopic (exact) mass is 301 g/mol. The summed E-state index contributed by atoms with van der Waals surface area (Å²) in [5.41, 5.74) is 0. The lowest BCUT2D eigenvalue weighted by atomic mass is 9.98. The van der Waals surface area contributed by atoms with Crippen molar-refractivity contribution in [2.45, 2.75) is 25.8 Å². The van der Waals surface area contributed by atoms with Crippen LogP contribution in [0.25, 0.3) is 0 Å². The number of ether oxygens (including phenoxy) is 1. The molecule has 0 saturated carbocycles. The summed E-state index contributed by atoms with van der Waals surface area (Å²) in [5, 5.41) is 14.4. The van der Waals surface area contributed by atoms with E-state index < -0.39 is 5.97 Å². The Labute approximate surface area is 126 Å². The van der Waals surface area contributed by atoms with Crippen LogP contribution in [0, 0.1) is 5.92 Å². The third-order valence-electron chi connectivity index (χ3n) is 3.50. The number of carboxylic acids is 1. The molecule has 0 aromatic rings. The van der Waals surface area contributed by atoms with Crippen molar-refractivity contribution >= 4 is 11.9 Å². The first-order chi connectivity index (χ1) is 10.0. The van der Waals surface area contributed by atoms with Gasteiger partial charge in [-0.1, -0.05) is 0 Å². The van der Waals surface area contributed by atoms with Gasteiger partial charge in [0, 0.05) is 19.7 Å². The van der Waals surface area contributed by atoms with E-state index >= 15 is 0 Å². The van der Waals surface area contributed by atoms with Crippen LogP contribution in [-0.4, -0.2) is 74.4 Å². The Balaban J connectivity index is 2.25. The molecule has 1 rings (SSSR count). The largest absolute Gasteiger partial charge is 0.480 e. The minimum absolute atomic E-state index is 0.00841. The lowest BCUT2D eigenvalue weighted by molar-refractivity contribution is -0.136. The third kappa shape index (κ3) is 7.99. The molecule has 7 heteroatoms. The number of rotatable bonds is 9. The third-order valence-corrected chi connectivity index (χ3v) is 3.50. The van der Waals surface area contributed by atoms with Gasteiger partial charge in [-0.05, 0) is 38.8 Å². The number of aliphatic carboxylic acids is 1. The SMILES string of the molecule is COCC(C)NC(=O)CN1CCCC(CNCC(=O)O)C1. The van der Waals surface area contributed by atoms with E-state index in [0.29, 0.717) is 25.6 Å². The smallest absolute Gasteiger partial charge is 0.317 e. The highest BCUT2D eigenvalue weighted by Gasteiger charge is 2.21. The molecule has 2 unspecified atom stereocenters. The number of carbonyl (C=O) groups is 2. The average Bonchev–Trinajstić information content (AvgIpc) is 2.38. The maximum absolute atomic E-state index is 11.9. The van der Waals surface area contributed by atoms with Crippen molar-refractivity contribution in [3.63, 3.8) is 0 Å². The van der Waals surface area contributed by atoms with Crippen LogP contribution in [0.2, 0.25) is 0 Å². The predicted octanol–water partition coefficient (Wildman–Crippen LogP) is -0.476. The zero-order chi connectivity index (χ0) is 15.7. The number of nitrogens with one attached hydrogen (secondary N) is 2. The van der Waals surface area contributed by atoms with Crippen molar-refractivity contribution in [1.82, 2.24) is 15.5 Å². The molecule has 21 heavy (non-hydrogen) atoms. The first-order valence-electron chi connectivity index (χ1n) is 7.44. The summed E-state index contributed by atoms with van der Waals surface area (Å²) in [5.74, 6) is -0.421.